The minimum atomic E-state index is 0.0122. The van der Waals surface area contributed by atoms with Crippen molar-refractivity contribution in [2.24, 2.45) is 11.8 Å². The molecule has 32 heavy (non-hydrogen) atoms. The first-order valence-corrected chi connectivity index (χ1v) is 11.8. The average Bonchev–Trinajstić information content (AvgIpc) is 2.85. The van der Waals surface area contributed by atoms with Crippen LogP contribution in [-0.2, 0) is 11.3 Å². The van der Waals surface area contributed by atoms with Crippen LogP contribution >= 0.6 is 0 Å². The summed E-state index contributed by atoms with van der Waals surface area (Å²) in [5.41, 5.74) is 3.70. The maximum absolute atomic E-state index is 6.62. The molecule has 3 heteroatoms. The molecule has 0 aliphatic carbocycles. The summed E-state index contributed by atoms with van der Waals surface area (Å²) in [5, 5.41) is 1.20. The second-order valence-corrected chi connectivity index (χ2v) is 9.48. The molecule has 2 aromatic carbocycles. The normalized spacial score (nSPS) is 27.8. The molecular weight excluding hydrogens is 392 g/mol. The van der Waals surface area contributed by atoms with Crippen molar-refractivity contribution >= 4 is 10.9 Å². The van der Waals surface area contributed by atoms with Gasteiger partial charge in [0.15, 0.2) is 0 Å². The van der Waals surface area contributed by atoms with E-state index in [1.165, 1.54) is 35.9 Å². The van der Waals surface area contributed by atoms with Gasteiger partial charge in [-0.25, -0.2) is 0 Å². The van der Waals surface area contributed by atoms with E-state index in [2.05, 4.69) is 84.9 Å². The summed E-state index contributed by atoms with van der Waals surface area (Å²) in [6, 6.07) is 22.0. The maximum Gasteiger partial charge on any atom is 0.135 e. The lowest BCUT2D eigenvalue weighted by atomic mass is 9.71. The van der Waals surface area contributed by atoms with Crippen molar-refractivity contribution in [1.82, 2.24) is 4.98 Å². The van der Waals surface area contributed by atoms with Crippen LogP contribution in [-0.4, -0.2) is 35.2 Å². The molecule has 164 valence electrons. The van der Waals surface area contributed by atoms with Crippen molar-refractivity contribution in [1.29, 1.82) is 0 Å². The number of hydrogen-bond donors (Lipinski definition) is 0. The molecule has 0 amide bonds. The molecule has 0 spiro atoms. The van der Waals surface area contributed by atoms with Crippen LogP contribution in [0.3, 0.4) is 0 Å². The highest BCUT2D eigenvalue weighted by atomic mass is 16.5. The molecule has 6 rings (SSSR count). The number of aromatic nitrogens is 1. The molecule has 2 unspecified atom stereocenters. The number of para-hydroxylation sites is 1. The van der Waals surface area contributed by atoms with Gasteiger partial charge >= 0.3 is 0 Å². The van der Waals surface area contributed by atoms with Crippen molar-refractivity contribution in [3.63, 3.8) is 0 Å². The monoisotopic (exact) mass is 425 g/mol. The lowest BCUT2D eigenvalue weighted by Gasteiger charge is -2.58. The minimum Gasteiger partial charge on any atom is -0.363 e. The SMILES string of the molecule is C=CCO[C@H](c1ccnc2ccccc12)[C@@H]1C[C@@H]2CC[N+]1(Cc1ccccc1)CC2C=C. The van der Waals surface area contributed by atoms with E-state index in [4.69, 9.17) is 4.74 Å². The first-order chi connectivity index (χ1) is 15.7. The predicted octanol–water partition coefficient (Wildman–Crippen LogP) is 6.09. The van der Waals surface area contributed by atoms with Crippen LogP contribution in [0.4, 0.5) is 0 Å². The van der Waals surface area contributed by atoms with Gasteiger partial charge in [-0.15, -0.1) is 13.2 Å². The zero-order chi connectivity index (χ0) is 22.0. The van der Waals surface area contributed by atoms with Crippen LogP contribution in [0.1, 0.15) is 30.1 Å². The van der Waals surface area contributed by atoms with Crippen molar-refractivity contribution in [3.05, 3.63) is 103 Å². The number of ether oxygens (including phenoxy) is 1. The van der Waals surface area contributed by atoms with Gasteiger partial charge < -0.3 is 9.22 Å². The molecule has 0 N–H and O–H groups in total. The van der Waals surface area contributed by atoms with E-state index in [9.17, 15) is 0 Å². The van der Waals surface area contributed by atoms with Gasteiger partial charge in [-0.2, -0.15) is 0 Å². The molecule has 2 bridgehead atoms. The highest BCUT2D eigenvalue weighted by Gasteiger charge is 2.54. The van der Waals surface area contributed by atoms with E-state index in [-0.39, 0.29) is 6.10 Å². The zero-order valence-corrected chi connectivity index (χ0v) is 18.8. The van der Waals surface area contributed by atoms with Gasteiger partial charge in [0.05, 0.1) is 25.2 Å². The fraction of sp³-hybridized carbons (Fsp3) is 0.345. The Morgan fingerprint density at radius 3 is 2.69 bits per heavy atom. The summed E-state index contributed by atoms with van der Waals surface area (Å²) < 4.78 is 7.69. The lowest BCUT2D eigenvalue weighted by Crippen LogP contribution is -2.67. The highest BCUT2D eigenvalue weighted by Crippen LogP contribution is 2.49. The number of nitrogens with zero attached hydrogens (tertiary/aromatic N) is 2. The predicted molar refractivity (Wildman–Crippen MR) is 131 cm³/mol. The maximum atomic E-state index is 6.62. The van der Waals surface area contributed by atoms with E-state index in [0.717, 1.165) is 23.1 Å². The van der Waals surface area contributed by atoms with Gasteiger partial charge in [0.25, 0.3) is 0 Å². The van der Waals surface area contributed by atoms with Crippen LogP contribution in [0.2, 0.25) is 0 Å². The van der Waals surface area contributed by atoms with Crippen molar-refractivity contribution in [3.8, 4) is 0 Å². The summed E-state index contributed by atoms with van der Waals surface area (Å²) in [4.78, 5) is 4.61. The fourth-order valence-corrected chi connectivity index (χ4v) is 6.26. The van der Waals surface area contributed by atoms with E-state index < -0.39 is 0 Å². The topological polar surface area (TPSA) is 22.1 Å². The van der Waals surface area contributed by atoms with Crippen molar-refractivity contribution < 1.29 is 9.22 Å². The third kappa shape index (κ3) is 3.80. The number of hydrogen-bond acceptors (Lipinski definition) is 2. The molecule has 0 saturated carbocycles. The summed E-state index contributed by atoms with van der Waals surface area (Å²) >= 11 is 0. The Morgan fingerprint density at radius 1 is 1.06 bits per heavy atom. The second-order valence-electron chi connectivity index (χ2n) is 9.48. The molecule has 5 atom stereocenters. The van der Waals surface area contributed by atoms with Crippen LogP contribution in [0.15, 0.2) is 92.2 Å². The Kier molecular flexibility index (Phi) is 5.95. The van der Waals surface area contributed by atoms with Crippen LogP contribution < -0.4 is 0 Å². The third-order valence-corrected chi connectivity index (χ3v) is 7.75. The fourth-order valence-electron chi connectivity index (χ4n) is 6.26. The number of rotatable bonds is 8. The zero-order valence-electron chi connectivity index (χ0n) is 18.8. The summed E-state index contributed by atoms with van der Waals surface area (Å²) in [7, 11) is 0. The standard InChI is InChI=1S/C29H33N2O/c1-3-18-32-29(26-14-16-30-27-13-9-8-12-25(26)27)28-19-24-15-17-31(28,21-23(24)4-2)20-22-10-6-5-7-11-22/h3-14,16,23-24,28-29H,1-2,15,17-21H2/q+1/t23?,24-,28-,29+,31?/m0/s1. The van der Waals surface area contributed by atoms with Gasteiger partial charge in [-0.1, -0.05) is 60.7 Å². The molecule has 3 nitrogen and oxygen atoms in total. The Labute approximate surface area is 191 Å². The molecule has 4 heterocycles. The number of pyridine rings is 1. The Bertz CT molecular complexity index is 1090. The Hall–Kier alpha value is -2.75. The second kappa shape index (κ2) is 9.01. The average molecular weight is 426 g/mol. The van der Waals surface area contributed by atoms with Gasteiger partial charge in [0.1, 0.15) is 18.7 Å². The van der Waals surface area contributed by atoms with Crippen molar-refractivity contribution in [2.75, 3.05) is 19.7 Å². The summed E-state index contributed by atoms with van der Waals surface area (Å²) in [6.07, 6.45) is 8.47. The summed E-state index contributed by atoms with van der Waals surface area (Å²) in [6.45, 7) is 12.1. The molecule has 3 fully saturated rings. The van der Waals surface area contributed by atoms with E-state index in [1.807, 2.05) is 12.3 Å². The molecule has 1 aromatic heterocycles. The summed E-state index contributed by atoms with van der Waals surface area (Å²) in [5.74, 6) is 1.27. The van der Waals surface area contributed by atoms with E-state index >= 15 is 0 Å². The minimum absolute atomic E-state index is 0.0122. The smallest absolute Gasteiger partial charge is 0.135 e. The van der Waals surface area contributed by atoms with Crippen molar-refractivity contribution in [2.45, 2.75) is 31.5 Å². The lowest BCUT2D eigenvalue weighted by molar-refractivity contribution is -0.985. The van der Waals surface area contributed by atoms with Crippen LogP contribution in [0.5, 0.6) is 0 Å². The first-order valence-electron chi connectivity index (χ1n) is 11.8. The molecule has 3 aliphatic heterocycles. The third-order valence-electron chi connectivity index (χ3n) is 7.75. The first kappa shape index (κ1) is 21.1. The molecule has 3 aliphatic rings. The number of piperidine rings is 3. The quantitative estimate of drug-likeness (QED) is 0.322. The van der Waals surface area contributed by atoms with Gasteiger partial charge in [0.2, 0.25) is 0 Å². The Morgan fingerprint density at radius 2 is 1.88 bits per heavy atom. The van der Waals surface area contributed by atoms with Gasteiger partial charge in [-0.3, -0.25) is 4.98 Å². The highest BCUT2D eigenvalue weighted by molar-refractivity contribution is 5.82. The Balaban J connectivity index is 1.60. The van der Waals surface area contributed by atoms with Crippen LogP contribution in [0.25, 0.3) is 10.9 Å². The van der Waals surface area contributed by atoms with E-state index in [0.29, 0.717) is 24.5 Å². The number of fused-ring (bicyclic) bond motifs is 4. The van der Waals surface area contributed by atoms with E-state index in [1.54, 1.807) is 0 Å². The van der Waals surface area contributed by atoms with Crippen LogP contribution in [0, 0.1) is 11.8 Å². The molecule has 3 saturated heterocycles. The largest absolute Gasteiger partial charge is 0.363 e. The number of benzene rings is 2. The van der Waals surface area contributed by atoms with Gasteiger partial charge in [-0.05, 0) is 23.6 Å². The molecular formula is C29H33N2O+. The van der Waals surface area contributed by atoms with Gasteiger partial charge in [0, 0.05) is 35.9 Å². The number of quaternary nitrogens is 1. The molecule has 3 aromatic rings. The molecule has 0 radical (unpaired) electrons.